The predicted octanol–water partition coefficient (Wildman–Crippen LogP) is 1.98. The van der Waals surface area contributed by atoms with E-state index in [2.05, 4.69) is 0 Å². The van der Waals surface area contributed by atoms with Gasteiger partial charge in [0.2, 0.25) is 0 Å². The Morgan fingerprint density at radius 3 is 2.59 bits per heavy atom. The number of carbonyl (C=O) groups excluding carboxylic acids is 1. The van der Waals surface area contributed by atoms with Crippen LogP contribution in [0.1, 0.15) is 33.1 Å². The Kier molecular flexibility index (Phi) is 3.80. The second kappa shape index (κ2) is 5.47. The second-order valence-electron chi connectivity index (χ2n) is 8.97. The first-order valence-corrected chi connectivity index (χ1v) is 9.38. The third-order valence-electron chi connectivity index (χ3n) is 7.94. The molecule has 27 heavy (non-hydrogen) atoms. The van der Waals surface area contributed by atoms with Crippen molar-refractivity contribution in [2.24, 2.45) is 29.1 Å². The molecule has 4 aliphatic carbocycles. The van der Waals surface area contributed by atoms with Crippen LogP contribution in [-0.2, 0) is 9.59 Å². The first-order valence-electron chi connectivity index (χ1n) is 9.38. The van der Waals surface area contributed by atoms with Gasteiger partial charge in [-0.3, -0.25) is 4.79 Å². The molecule has 7 heteroatoms. The normalized spacial score (nSPS) is 54.0. The maximum atomic E-state index is 16.4. The summed E-state index contributed by atoms with van der Waals surface area (Å²) in [6.45, 7) is 3.17. The van der Waals surface area contributed by atoms with Crippen molar-refractivity contribution in [3.05, 3.63) is 23.8 Å². The van der Waals surface area contributed by atoms with E-state index in [0.717, 1.165) is 6.08 Å². The number of halogens is 2. The first kappa shape index (κ1) is 18.7. The van der Waals surface area contributed by atoms with Crippen LogP contribution in [0.2, 0.25) is 0 Å². The van der Waals surface area contributed by atoms with Crippen molar-refractivity contribution in [1.29, 1.82) is 0 Å². The number of fused-ring (bicyclic) bond motifs is 5. The number of ketones is 1. The van der Waals surface area contributed by atoms with Crippen LogP contribution < -0.4 is 0 Å². The lowest BCUT2D eigenvalue weighted by Gasteiger charge is -2.59. The van der Waals surface area contributed by atoms with Gasteiger partial charge in [0.05, 0.1) is 6.10 Å². The molecule has 0 aromatic carbocycles. The summed E-state index contributed by atoms with van der Waals surface area (Å²) in [6.07, 6.45) is 0.279. The highest BCUT2D eigenvalue weighted by Crippen LogP contribution is 2.68. The lowest BCUT2D eigenvalue weighted by atomic mass is 9.48. The van der Waals surface area contributed by atoms with Crippen molar-refractivity contribution in [2.45, 2.75) is 56.7 Å². The lowest BCUT2D eigenvalue weighted by molar-refractivity contribution is -0.217. The molecule has 0 heterocycles. The zero-order chi connectivity index (χ0) is 19.9. The largest absolute Gasteiger partial charge is 0.479 e. The van der Waals surface area contributed by atoms with E-state index in [1.807, 2.05) is 0 Å². The summed E-state index contributed by atoms with van der Waals surface area (Å²) in [6, 6.07) is 0. The van der Waals surface area contributed by atoms with Gasteiger partial charge < -0.3 is 15.3 Å². The number of rotatable bonds is 1. The van der Waals surface area contributed by atoms with Crippen molar-refractivity contribution in [2.75, 3.05) is 0 Å². The lowest BCUT2D eigenvalue weighted by Crippen LogP contribution is -2.67. The van der Waals surface area contributed by atoms with Gasteiger partial charge in [-0.15, -0.1) is 0 Å². The van der Waals surface area contributed by atoms with E-state index >= 15 is 4.39 Å². The zero-order valence-corrected chi connectivity index (χ0v) is 15.2. The Morgan fingerprint density at radius 1 is 1.30 bits per heavy atom. The molecule has 3 N–H and O–H groups in total. The number of aliphatic hydroxyl groups is 2. The fourth-order valence-electron chi connectivity index (χ4n) is 6.58. The van der Waals surface area contributed by atoms with Crippen LogP contribution in [0, 0.1) is 29.1 Å². The molecule has 5 nitrogen and oxygen atoms in total. The molecule has 3 saturated carbocycles. The van der Waals surface area contributed by atoms with E-state index < -0.39 is 64.4 Å². The highest BCUT2D eigenvalue weighted by molar-refractivity contribution is 6.01. The number of hydrogen-bond donors (Lipinski definition) is 3. The predicted molar refractivity (Wildman–Crippen MR) is 91.1 cm³/mol. The SMILES string of the molecule is C[C@@H]1CC2C3C[C@H](F)C4=CC(=O)C=CC4[C@@]3(F)[C@@H](O)C[C@]2(C)[C@@]1(O)C(=O)O. The van der Waals surface area contributed by atoms with Crippen molar-refractivity contribution >= 4 is 11.8 Å². The second-order valence-corrected chi connectivity index (χ2v) is 8.97. The summed E-state index contributed by atoms with van der Waals surface area (Å²) in [5.41, 5.74) is -5.53. The molecule has 4 aliphatic rings. The van der Waals surface area contributed by atoms with E-state index in [9.17, 15) is 29.3 Å². The van der Waals surface area contributed by atoms with Crippen LogP contribution in [0.15, 0.2) is 23.8 Å². The number of hydrogen-bond acceptors (Lipinski definition) is 4. The Bertz CT molecular complexity index is 778. The van der Waals surface area contributed by atoms with Gasteiger partial charge in [-0.05, 0) is 48.8 Å². The number of carbonyl (C=O) groups is 2. The van der Waals surface area contributed by atoms with Gasteiger partial charge >= 0.3 is 5.97 Å². The molecule has 0 aromatic heterocycles. The minimum Gasteiger partial charge on any atom is -0.479 e. The van der Waals surface area contributed by atoms with Gasteiger partial charge in [0.25, 0.3) is 0 Å². The molecule has 0 saturated heterocycles. The van der Waals surface area contributed by atoms with E-state index in [1.165, 1.54) is 12.2 Å². The van der Waals surface area contributed by atoms with Crippen LogP contribution in [-0.4, -0.2) is 50.6 Å². The summed E-state index contributed by atoms with van der Waals surface area (Å²) in [7, 11) is 0. The molecule has 148 valence electrons. The maximum absolute atomic E-state index is 16.4. The quantitative estimate of drug-likeness (QED) is 0.645. The fraction of sp³-hybridized carbons (Fsp3) is 0.700. The maximum Gasteiger partial charge on any atom is 0.336 e. The molecule has 4 rings (SSSR count). The molecular weight excluding hydrogens is 358 g/mol. The van der Waals surface area contributed by atoms with E-state index in [4.69, 9.17) is 0 Å². The van der Waals surface area contributed by atoms with Crippen LogP contribution in [0.25, 0.3) is 0 Å². The Morgan fingerprint density at radius 2 is 1.96 bits per heavy atom. The topological polar surface area (TPSA) is 94.8 Å². The van der Waals surface area contributed by atoms with Crippen molar-refractivity contribution in [3.8, 4) is 0 Å². The van der Waals surface area contributed by atoms with Crippen LogP contribution in [0.5, 0.6) is 0 Å². The highest BCUT2D eigenvalue weighted by atomic mass is 19.1. The molecule has 0 spiro atoms. The monoisotopic (exact) mass is 382 g/mol. The van der Waals surface area contributed by atoms with Gasteiger partial charge in [-0.25, -0.2) is 13.6 Å². The number of carboxylic acids is 1. The van der Waals surface area contributed by atoms with Gasteiger partial charge in [0.1, 0.15) is 11.8 Å². The minimum atomic E-state index is -2.20. The smallest absolute Gasteiger partial charge is 0.336 e. The van der Waals surface area contributed by atoms with Crippen molar-refractivity contribution in [1.82, 2.24) is 0 Å². The van der Waals surface area contributed by atoms with E-state index in [0.29, 0.717) is 0 Å². The zero-order valence-electron chi connectivity index (χ0n) is 15.2. The average molecular weight is 382 g/mol. The van der Waals surface area contributed by atoms with Gasteiger partial charge in [-0.1, -0.05) is 19.9 Å². The summed E-state index contributed by atoms with van der Waals surface area (Å²) < 4.78 is 31.3. The summed E-state index contributed by atoms with van der Waals surface area (Å²) in [4.78, 5) is 23.5. The summed E-state index contributed by atoms with van der Waals surface area (Å²) >= 11 is 0. The average Bonchev–Trinajstić information content (AvgIpc) is 2.79. The van der Waals surface area contributed by atoms with E-state index in [1.54, 1.807) is 13.8 Å². The molecule has 9 atom stereocenters. The van der Waals surface area contributed by atoms with Crippen molar-refractivity contribution < 1.29 is 33.7 Å². The standard InChI is InChI=1S/C20H24F2O5/c1-9-5-13-14-7-15(21)11-6-10(23)3-4-12(11)19(14,22)16(24)8-18(13,2)20(9,27)17(25)26/h3-4,6,9,12-16,24,27H,5,7-8H2,1-2H3,(H,25,26)/t9-,12?,13?,14?,15+,16+,18+,19+,20+/m1/s1. The van der Waals surface area contributed by atoms with Gasteiger partial charge in [0, 0.05) is 17.3 Å². The number of aliphatic hydroxyl groups excluding tert-OH is 1. The number of aliphatic carboxylic acids is 1. The molecule has 0 radical (unpaired) electrons. The first-order chi connectivity index (χ1) is 12.5. The summed E-state index contributed by atoms with van der Waals surface area (Å²) in [5, 5.41) is 31.5. The van der Waals surface area contributed by atoms with Crippen LogP contribution >= 0.6 is 0 Å². The molecular formula is C20H24F2O5. The Labute approximate surface area is 155 Å². The highest BCUT2D eigenvalue weighted by Gasteiger charge is 2.74. The van der Waals surface area contributed by atoms with E-state index in [-0.39, 0.29) is 24.8 Å². The third kappa shape index (κ3) is 2.04. The molecule has 0 bridgehead atoms. The van der Waals surface area contributed by atoms with Crippen LogP contribution in [0.3, 0.4) is 0 Å². The Balaban J connectivity index is 1.84. The number of carboxylic acid groups (broad SMARTS) is 1. The van der Waals surface area contributed by atoms with Crippen LogP contribution in [0.4, 0.5) is 8.78 Å². The minimum absolute atomic E-state index is 0.0449. The van der Waals surface area contributed by atoms with Gasteiger partial charge in [0.15, 0.2) is 11.4 Å². The molecule has 3 unspecified atom stereocenters. The van der Waals surface area contributed by atoms with Crippen molar-refractivity contribution in [3.63, 3.8) is 0 Å². The molecule has 3 fully saturated rings. The molecule has 0 aromatic rings. The number of allylic oxidation sites excluding steroid dienone is 4. The Hall–Kier alpha value is -1.60. The third-order valence-corrected chi connectivity index (χ3v) is 7.94. The molecule has 0 amide bonds. The molecule has 0 aliphatic heterocycles. The van der Waals surface area contributed by atoms with Gasteiger partial charge in [-0.2, -0.15) is 0 Å². The fourth-order valence-corrected chi connectivity index (χ4v) is 6.58. The summed E-state index contributed by atoms with van der Waals surface area (Å²) in [5.74, 6) is -5.05. The number of alkyl halides is 2.